The van der Waals surface area contributed by atoms with Gasteiger partial charge in [-0.05, 0) is 141 Å². The third-order valence-electron chi connectivity index (χ3n) is 12.4. The first-order valence-electron chi connectivity index (χ1n) is 22.5. The molecule has 19 heteroatoms. The largest absolute Gasteiger partial charge is 0.375 e. The lowest BCUT2D eigenvalue weighted by atomic mass is 9.95. The monoisotopic (exact) mass is 965 g/mol. The summed E-state index contributed by atoms with van der Waals surface area (Å²) in [4.78, 5) is 46.9. The molecule has 0 radical (unpaired) electrons. The first-order valence-corrected chi connectivity index (χ1v) is 25.7. The number of amides is 3. The number of hydrogen-bond acceptors (Lipinski definition) is 10. The van der Waals surface area contributed by atoms with Crippen molar-refractivity contribution >= 4 is 37.8 Å². The second-order valence-corrected chi connectivity index (χ2v) is 21.3. The molecule has 2 aliphatic rings. The van der Waals surface area contributed by atoms with Gasteiger partial charge in [-0.25, -0.2) is 25.6 Å². The Morgan fingerprint density at radius 3 is 2.06 bits per heavy atom. The molecule has 2 saturated heterocycles. The molecule has 0 saturated carbocycles. The van der Waals surface area contributed by atoms with Crippen molar-refractivity contribution in [2.45, 2.75) is 64.7 Å². The molecule has 0 bridgehead atoms. The molecular weight excluding hydrogens is 905 g/mol. The number of carbonyl (C=O) groups is 3. The number of aryl methyl sites for hydroxylation is 2. The highest BCUT2D eigenvalue weighted by atomic mass is 32.2. The molecule has 2 fully saturated rings. The van der Waals surface area contributed by atoms with Gasteiger partial charge in [-0.3, -0.25) is 25.2 Å². The number of ether oxygens (including phenoxy) is 1. The van der Waals surface area contributed by atoms with Crippen LogP contribution in [0, 0.1) is 37.3 Å². The van der Waals surface area contributed by atoms with E-state index in [1.54, 1.807) is 37.9 Å². The predicted molar refractivity (Wildman–Crippen MR) is 253 cm³/mol. The Balaban J connectivity index is 0.975. The van der Waals surface area contributed by atoms with Crippen molar-refractivity contribution in [1.29, 1.82) is 0 Å². The minimum Gasteiger partial charge on any atom is -0.375 e. The zero-order chi connectivity index (χ0) is 48.3. The van der Waals surface area contributed by atoms with Crippen LogP contribution in [0.15, 0.2) is 78.9 Å². The third-order valence-corrected chi connectivity index (χ3v) is 15.5. The number of hydrogen-bond donors (Lipinski definition) is 5. The first-order chi connectivity index (χ1) is 31.9. The highest BCUT2D eigenvalue weighted by molar-refractivity contribution is 7.90. The van der Waals surface area contributed by atoms with Crippen molar-refractivity contribution < 1.29 is 44.7 Å². The third kappa shape index (κ3) is 14.0. The molecule has 362 valence electrons. The molecule has 5 N–H and O–H groups in total. The van der Waals surface area contributed by atoms with Crippen LogP contribution in [-0.2, 0) is 36.2 Å². The van der Waals surface area contributed by atoms with E-state index in [0.29, 0.717) is 81.7 Å². The normalized spacial score (nSPS) is 17.5. The molecule has 3 unspecified atom stereocenters. The maximum Gasteiger partial charge on any atom is 0.269 e. The standard InChI is InChI=1S/C48H61F2N7O8S2/c1-32-23-40(37-13-6-5-7-14-37)26-42(45(32)49)48(60)53-55-67(63,64)34(3)39-16-10-19-56(29-39)21-22-65-30-35-11-8-15-38(25-35)41-24-33(2)46(50)43(27-41)47(59)52-54-66(61,62)31-36-12-9-20-57(28-36)44(58)17-18-51-4/h5-8,11,13-15,23-27,34,36,39,51,54-55H,9-10,12,16-22,28-31H2,1-4H3,(H,52,59)(H,53,60). The van der Waals surface area contributed by atoms with E-state index in [4.69, 9.17) is 4.74 Å². The van der Waals surface area contributed by atoms with Gasteiger partial charge in [0.05, 0.1) is 35.3 Å². The molecule has 3 atom stereocenters. The fraction of sp³-hybridized carbons (Fsp3) is 0.438. The topological polar surface area (TPSA) is 195 Å². The van der Waals surface area contributed by atoms with Gasteiger partial charge in [0.15, 0.2) is 0 Å². The Bertz CT molecular complexity index is 2620. The van der Waals surface area contributed by atoms with E-state index in [-0.39, 0.29) is 52.4 Å². The second kappa shape index (κ2) is 23.2. The number of rotatable bonds is 20. The van der Waals surface area contributed by atoms with Crippen LogP contribution in [0.4, 0.5) is 8.78 Å². The van der Waals surface area contributed by atoms with Gasteiger partial charge >= 0.3 is 0 Å². The van der Waals surface area contributed by atoms with Crippen molar-refractivity contribution in [3.8, 4) is 22.3 Å². The summed E-state index contributed by atoms with van der Waals surface area (Å²) in [6, 6.07) is 22.5. The van der Waals surface area contributed by atoms with Gasteiger partial charge in [-0.2, -0.15) is 0 Å². The Morgan fingerprint density at radius 1 is 0.761 bits per heavy atom. The highest BCUT2D eigenvalue weighted by Crippen LogP contribution is 2.28. The lowest BCUT2D eigenvalue weighted by Gasteiger charge is -2.35. The van der Waals surface area contributed by atoms with Gasteiger partial charge in [0.25, 0.3) is 11.8 Å². The molecular formula is C48H61F2N7O8S2. The van der Waals surface area contributed by atoms with Crippen LogP contribution in [0.5, 0.6) is 0 Å². The number of halogens is 2. The van der Waals surface area contributed by atoms with Crippen LogP contribution in [0.3, 0.4) is 0 Å². The maximum atomic E-state index is 15.4. The summed E-state index contributed by atoms with van der Waals surface area (Å²) in [6.45, 7) is 8.42. The molecule has 3 amide bonds. The van der Waals surface area contributed by atoms with Gasteiger partial charge in [0, 0.05) is 39.1 Å². The molecule has 2 heterocycles. The van der Waals surface area contributed by atoms with E-state index in [2.05, 4.69) is 30.7 Å². The van der Waals surface area contributed by atoms with Crippen molar-refractivity contribution in [1.82, 2.24) is 35.6 Å². The average Bonchev–Trinajstić information content (AvgIpc) is 3.32. The molecule has 67 heavy (non-hydrogen) atoms. The Kier molecular flexibility index (Phi) is 17.8. The van der Waals surface area contributed by atoms with Gasteiger partial charge < -0.3 is 19.9 Å². The van der Waals surface area contributed by atoms with Crippen molar-refractivity contribution in [2.24, 2.45) is 11.8 Å². The number of hydrazine groups is 2. The molecule has 6 rings (SSSR count). The molecule has 0 aliphatic carbocycles. The molecule has 0 spiro atoms. The Hall–Kier alpha value is -5.15. The van der Waals surface area contributed by atoms with Crippen molar-refractivity contribution in [2.75, 3.05) is 58.7 Å². The predicted octanol–water partition coefficient (Wildman–Crippen LogP) is 5.21. The van der Waals surface area contributed by atoms with Crippen LogP contribution in [0.25, 0.3) is 22.3 Å². The summed E-state index contributed by atoms with van der Waals surface area (Å²) < 4.78 is 89.2. The van der Waals surface area contributed by atoms with Crippen LogP contribution in [-0.4, -0.2) is 108 Å². The quantitative estimate of drug-likeness (QED) is 0.0580. The SMILES string of the molecule is CNCCC(=O)N1CCCC(CS(=O)(=O)NNC(=O)c2cc(-c3cccc(COCCN4CCCC(C(C)S(=O)(=O)NNC(=O)c5cc(-c6ccccc6)cc(C)c5F)C4)c3)cc(C)c2F)C1. The fourth-order valence-electron chi connectivity index (χ4n) is 8.63. The summed E-state index contributed by atoms with van der Waals surface area (Å²) in [5, 5.41) is 2.07. The van der Waals surface area contributed by atoms with E-state index in [0.717, 1.165) is 24.1 Å². The maximum absolute atomic E-state index is 15.4. The number of carbonyl (C=O) groups excluding carboxylic acids is 3. The van der Waals surface area contributed by atoms with Crippen LogP contribution < -0.4 is 25.8 Å². The fourth-order valence-corrected chi connectivity index (χ4v) is 11.0. The summed E-state index contributed by atoms with van der Waals surface area (Å²) in [5.41, 5.74) is 7.66. The van der Waals surface area contributed by atoms with E-state index in [9.17, 15) is 31.2 Å². The molecule has 15 nitrogen and oxygen atoms in total. The minimum absolute atomic E-state index is 0.0489. The lowest BCUT2D eigenvalue weighted by Crippen LogP contribution is -2.50. The molecule has 4 aromatic carbocycles. The molecule has 4 aromatic rings. The summed E-state index contributed by atoms with van der Waals surface area (Å²) in [7, 11) is -6.30. The summed E-state index contributed by atoms with van der Waals surface area (Å²) in [5.74, 6) is -4.30. The molecule has 0 aromatic heterocycles. The number of nitrogens with one attached hydrogen (secondary N) is 5. The lowest BCUT2D eigenvalue weighted by molar-refractivity contribution is -0.132. The minimum atomic E-state index is -4.04. The number of benzene rings is 4. The van der Waals surface area contributed by atoms with Crippen LogP contribution in [0.1, 0.15) is 76.4 Å². The number of sulfonamides is 2. The highest BCUT2D eigenvalue weighted by Gasteiger charge is 2.34. The first kappa shape index (κ1) is 51.2. The zero-order valence-corrected chi connectivity index (χ0v) is 40.0. The number of piperidine rings is 2. The smallest absolute Gasteiger partial charge is 0.269 e. The Labute approximate surface area is 392 Å². The van der Waals surface area contributed by atoms with Crippen molar-refractivity contribution in [3.63, 3.8) is 0 Å². The Morgan fingerprint density at radius 2 is 1.39 bits per heavy atom. The average molecular weight is 966 g/mol. The number of nitrogens with zero attached hydrogens (tertiary/aromatic N) is 2. The van der Waals surface area contributed by atoms with E-state index in [1.807, 2.05) is 54.6 Å². The van der Waals surface area contributed by atoms with Gasteiger partial charge in [-0.1, -0.05) is 48.5 Å². The van der Waals surface area contributed by atoms with Gasteiger partial charge in [-0.15, -0.1) is 9.66 Å². The van der Waals surface area contributed by atoms with Gasteiger partial charge in [0.2, 0.25) is 26.0 Å². The summed E-state index contributed by atoms with van der Waals surface area (Å²) >= 11 is 0. The van der Waals surface area contributed by atoms with E-state index >= 15 is 8.78 Å². The number of likely N-dealkylation sites (tertiary alicyclic amines) is 2. The summed E-state index contributed by atoms with van der Waals surface area (Å²) in [6.07, 6.45) is 3.02. The molecule has 2 aliphatic heterocycles. The zero-order valence-electron chi connectivity index (χ0n) is 38.4. The van der Waals surface area contributed by atoms with E-state index in [1.165, 1.54) is 19.1 Å². The van der Waals surface area contributed by atoms with Crippen molar-refractivity contribution in [3.05, 3.63) is 118 Å². The second-order valence-electron chi connectivity index (χ2n) is 17.5. The van der Waals surface area contributed by atoms with Crippen LogP contribution >= 0.6 is 0 Å². The van der Waals surface area contributed by atoms with E-state index < -0.39 is 48.7 Å². The van der Waals surface area contributed by atoms with Crippen LogP contribution in [0.2, 0.25) is 0 Å². The van der Waals surface area contributed by atoms with Gasteiger partial charge in [0.1, 0.15) is 11.6 Å².